The molecule has 0 amide bonds. The number of aryl methyl sites for hydroxylation is 1. The van der Waals surface area contributed by atoms with Gasteiger partial charge in [0.15, 0.2) is 11.6 Å². The van der Waals surface area contributed by atoms with Crippen LogP contribution >= 0.6 is 31.9 Å². The number of hydrogen-bond donors (Lipinski definition) is 1. The van der Waals surface area contributed by atoms with Crippen LogP contribution in [0.2, 0.25) is 0 Å². The van der Waals surface area contributed by atoms with E-state index in [2.05, 4.69) is 42.2 Å². The summed E-state index contributed by atoms with van der Waals surface area (Å²) in [5, 5.41) is 2.94. The van der Waals surface area contributed by atoms with Crippen molar-refractivity contribution in [2.24, 2.45) is 0 Å². The van der Waals surface area contributed by atoms with Gasteiger partial charge in [0, 0.05) is 20.8 Å². The first kappa shape index (κ1) is 12.5. The van der Waals surface area contributed by atoms with Gasteiger partial charge in [0.2, 0.25) is 0 Å². The van der Waals surface area contributed by atoms with Gasteiger partial charge < -0.3 is 5.32 Å². The first-order valence-electron chi connectivity index (χ1n) is 4.90. The topological polar surface area (TPSA) is 24.9 Å². The normalized spacial score (nSPS) is 10.4. The van der Waals surface area contributed by atoms with Gasteiger partial charge in [0.1, 0.15) is 0 Å². The molecule has 0 radical (unpaired) electrons. The van der Waals surface area contributed by atoms with Crippen LogP contribution in [0.15, 0.2) is 39.4 Å². The molecule has 0 saturated heterocycles. The second-order valence-corrected chi connectivity index (χ2v) is 5.46. The van der Waals surface area contributed by atoms with E-state index in [4.69, 9.17) is 0 Å². The van der Waals surface area contributed by atoms with E-state index in [1.165, 1.54) is 6.07 Å². The lowest BCUT2D eigenvalue weighted by molar-refractivity contribution is 0.625. The van der Waals surface area contributed by atoms with Crippen molar-refractivity contribution in [3.05, 3.63) is 50.8 Å². The van der Waals surface area contributed by atoms with Gasteiger partial charge in [0.25, 0.3) is 0 Å². The summed E-state index contributed by atoms with van der Waals surface area (Å²) < 4.78 is 15.1. The van der Waals surface area contributed by atoms with Crippen molar-refractivity contribution in [1.29, 1.82) is 0 Å². The second-order valence-electron chi connectivity index (χ2n) is 3.63. The van der Waals surface area contributed by atoms with Crippen LogP contribution in [0.5, 0.6) is 0 Å². The molecule has 0 atom stereocenters. The van der Waals surface area contributed by atoms with Gasteiger partial charge in [-0.25, -0.2) is 9.37 Å². The number of hydrogen-bond acceptors (Lipinski definition) is 2. The molecule has 0 unspecified atom stereocenters. The van der Waals surface area contributed by atoms with E-state index >= 15 is 0 Å². The number of benzene rings is 1. The molecular weight excluding hydrogens is 351 g/mol. The minimum Gasteiger partial charge on any atom is -0.338 e. The number of rotatable bonds is 2. The van der Waals surface area contributed by atoms with E-state index in [1.807, 2.05) is 25.1 Å². The number of aromatic nitrogens is 1. The predicted molar refractivity (Wildman–Crippen MR) is 74.1 cm³/mol. The van der Waals surface area contributed by atoms with Gasteiger partial charge in [-0.15, -0.1) is 0 Å². The van der Waals surface area contributed by atoms with Crippen LogP contribution in [-0.2, 0) is 0 Å². The largest absolute Gasteiger partial charge is 0.338 e. The zero-order chi connectivity index (χ0) is 12.4. The molecule has 2 nitrogen and oxygen atoms in total. The Hall–Kier alpha value is -0.940. The van der Waals surface area contributed by atoms with Gasteiger partial charge in [-0.05, 0) is 52.7 Å². The molecule has 5 heteroatoms. The summed E-state index contributed by atoms with van der Waals surface area (Å²) in [5.41, 5.74) is 1.88. The van der Waals surface area contributed by atoms with Gasteiger partial charge in [-0.3, -0.25) is 0 Å². The highest BCUT2D eigenvalue weighted by Crippen LogP contribution is 2.24. The maximum Gasteiger partial charge on any atom is 0.166 e. The van der Waals surface area contributed by atoms with Crippen molar-refractivity contribution in [1.82, 2.24) is 4.98 Å². The molecule has 1 heterocycles. The van der Waals surface area contributed by atoms with Crippen LogP contribution < -0.4 is 5.32 Å². The van der Waals surface area contributed by atoms with Crippen LogP contribution in [-0.4, -0.2) is 4.98 Å². The third kappa shape index (κ3) is 3.26. The van der Waals surface area contributed by atoms with Crippen molar-refractivity contribution >= 4 is 43.4 Å². The lowest BCUT2D eigenvalue weighted by atomic mass is 10.2. The fourth-order valence-electron chi connectivity index (χ4n) is 1.45. The standard InChI is InChI=1S/C12H9Br2FN2/c1-7-2-8(13)4-10(3-7)17-12-11(15)5-9(14)6-16-12/h2-6H,1H3,(H,16,17). The van der Waals surface area contributed by atoms with E-state index in [9.17, 15) is 4.39 Å². The number of anilines is 2. The molecule has 0 bridgehead atoms. The van der Waals surface area contributed by atoms with E-state index in [0.29, 0.717) is 4.47 Å². The smallest absolute Gasteiger partial charge is 0.166 e. The SMILES string of the molecule is Cc1cc(Br)cc(Nc2ncc(Br)cc2F)c1. The van der Waals surface area contributed by atoms with Crippen LogP contribution in [0.3, 0.4) is 0 Å². The molecule has 2 aromatic rings. The Balaban J connectivity index is 2.31. The Morgan fingerprint density at radius 3 is 2.53 bits per heavy atom. The molecule has 0 spiro atoms. The van der Waals surface area contributed by atoms with Crippen molar-refractivity contribution in [2.75, 3.05) is 5.32 Å². The third-order valence-electron chi connectivity index (χ3n) is 2.11. The molecule has 1 aromatic heterocycles. The highest BCUT2D eigenvalue weighted by Gasteiger charge is 2.05. The van der Waals surface area contributed by atoms with Gasteiger partial charge in [-0.2, -0.15) is 0 Å². The summed E-state index contributed by atoms with van der Waals surface area (Å²) in [6, 6.07) is 7.15. The Morgan fingerprint density at radius 2 is 1.88 bits per heavy atom. The molecule has 0 fully saturated rings. The molecule has 0 aliphatic heterocycles. The summed E-state index contributed by atoms with van der Waals surface area (Å²) in [5.74, 6) is -0.178. The summed E-state index contributed by atoms with van der Waals surface area (Å²) >= 11 is 6.56. The fraction of sp³-hybridized carbons (Fsp3) is 0.0833. The molecule has 1 N–H and O–H groups in total. The first-order valence-corrected chi connectivity index (χ1v) is 6.48. The molecule has 0 aliphatic rings. The minimum atomic E-state index is -0.392. The Morgan fingerprint density at radius 1 is 1.12 bits per heavy atom. The summed E-state index contributed by atoms with van der Waals surface area (Å²) in [6.45, 7) is 1.97. The number of halogens is 3. The van der Waals surface area contributed by atoms with Gasteiger partial charge >= 0.3 is 0 Å². The average molecular weight is 360 g/mol. The quantitative estimate of drug-likeness (QED) is 0.833. The summed E-state index contributed by atoms with van der Waals surface area (Å²) in [7, 11) is 0. The second kappa shape index (κ2) is 5.14. The monoisotopic (exact) mass is 358 g/mol. The zero-order valence-electron chi connectivity index (χ0n) is 8.97. The van der Waals surface area contributed by atoms with Crippen molar-refractivity contribution in [3.63, 3.8) is 0 Å². The highest BCUT2D eigenvalue weighted by atomic mass is 79.9. The van der Waals surface area contributed by atoms with Crippen molar-refractivity contribution < 1.29 is 4.39 Å². The molecule has 17 heavy (non-hydrogen) atoms. The predicted octanol–water partition coefficient (Wildman–Crippen LogP) is 4.80. The van der Waals surface area contributed by atoms with Crippen LogP contribution in [0.1, 0.15) is 5.56 Å². The maximum atomic E-state index is 13.6. The molecule has 88 valence electrons. The van der Waals surface area contributed by atoms with E-state index < -0.39 is 5.82 Å². The Kier molecular flexibility index (Phi) is 3.79. The summed E-state index contributed by atoms with van der Waals surface area (Å²) in [4.78, 5) is 3.98. The van der Waals surface area contributed by atoms with Crippen LogP contribution in [0.4, 0.5) is 15.9 Å². The van der Waals surface area contributed by atoms with Gasteiger partial charge in [0.05, 0.1) is 0 Å². The van der Waals surface area contributed by atoms with Crippen molar-refractivity contribution in [3.8, 4) is 0 Å². The van der Waals surface area contributed by atoms with Crippen molar-refractivity contribution in [2.45, 2.75) is 6.92 Å². The number of pyridine rings is 1. The zero-order valence-corrected chi connectivity index (χ0v) is 12.1. The van der Waals surface area contributed by atoms with Crippen LogP contribution in [0.25, 0.3) is 0 Å². The molecule has 1 aromatic carbocycles. The molecule has 0 saturated carbocycles. The minimum absolute atomic E-state index is 0.214. The first-order chi connectivity index (χ1) is 8.04. The fourth-order valence-corrected chi connectivity index (χ4v) is 2.36. The molecular formula is C12H9Br2FN2. The molecule has 0 aliphatic carbocycles. The average Bonchev–Trinajstić information content (AvgIpc) is 2.21. The molecule has 2 rings (SSSR count). The highest BCUT2D eigenvalue weighted by molar-refractivity contribution is 9.10. The lowest BCUT2D eigenvalue weighted by Crippen LogP contribution is -1.97. The Bertz CT molecular complexity index is 538. The van der Waals surface area contributed by atoms with E-state index in [1.54, 1.807) is 6.20 Å². The van der Waals surface area contributed by atoms with E-state index in [0.717, 1.165) is 15.7 Å². The summed E-state index contributed by atoms with van der Waals surface area (Å²) in [6.07, 6.45) is 1.55. The number of nitrogens with zero attached hydrogens (tertiary/aromatic N) is 1. The maximum absolute atomic E-state index is 13.6. The third-order valence-corrected chi connectivity index (χ3v) is 3.00. The van der Waals surface area contributed by atoms with E-state index in [-0.39, 0.29) is 5.82 Å². The van der Waals surface area contributed by atoms with Crippen LogP contribution in [0, 0.1) is 12.7 Å². The number of nitrogens with one attached hydrogen (secondary N) is 1. The Labute approximate surface area is 116 Å². The van der Waals surface area contributed by atoms with Gasteiger partial charge in [-0.1, -0.05) is 15.9 Å². The lowest BCUT2D eigenvalue weighted by Gasteiger charge is -2.08.